The quantitative estimate of drug-likeness (QED) is 0.630. The Bertz CT molecular complexity index is 1060. The monoisotopic (exact) mass is 445 g/mol. The van der Waals surface area contributed by atoms with E-state index in [0.717, 1.165) is 5.56 Å². The SMILES string of the molecule is CCOc1ccc(OCC)c(NC(=O)C2(S(=O)(=O)c3cc(C)ccc3C)CCCC2)c1. The van der Waals surface area contributed by atoms with Crippen molar-refractivity contribution < 1.29 is 22.7 Å². The van der Waals surface area contributed by atoms with Gasteiger partial charge < -0.3 is 14.8 Å². The fourth-order valence-corrected chi connectivity index (χ4v) is 6.53. The zero-order chi connectivity index (χ0) is 22.6. The summed E-state index contributed by atoms with van der Waals surface area (Å²) in [5, 5.41) is 2.86. The van der Waals surface area contributed by atoms with Crippen LogP contribution in [0.1, 0.15) is 50.7 Å². The Morgan fingerprint density at radius 2 is 1.68 bits per heavy atom. The lowest BCUT2D eigenvalue weighted by Gasteiger charge is -2.29. The molecule has 0 atom stereocenters. The number of hydrogen-bond donors (Lipinski definition) is 1. The molecule has 1 amide bonds. The summed E-state index contributed by atoms with van der Waals surface area (Å²) >= 11 is 0. The number of anilines is 1. The van der Waals surface area contributed by atoms with Crippen LogP contribution in [0.25, 0.3) is 0 Å². The highest BCUT2D eigenvalue weighted by molar-refractivity contribution is 7.93. The van der Waals surface area contributed by atoms with E-state index in [0.29, 0.717) is 61.6 Å². The van der Waals surface area contributed by atoms with E-state index in [4.69, 9.17) is 9.47 Å². The van der Waals surface area contributed by atoms with Crippen LogP contribution in [0.2, 0.25) is 0 Å². The van der Waals surface area contributed by atoms with Crippen LogP contribution in [0.3, 0.4) is 0 Å². The average molecular weight is 446 g/mol. The number of benzene rings is 2. The van der Waals surface area contributed by atoms with Crippen molar-refractivity contribution in [3.8, 4) is 11.5 Å². The van der Waals surface area contributed by atoms with Crippen LogP contribution in [0.5, 0.6) is 11.5 Å². The van der Waals surface area contributed by atoms with Gasteiger partial charge in [-0.2, -0.15) is 0 Å². The summed E-state index contributed by atoms with van der Waals surface area (Å²) in [5.74, 6) is 0.552. The molecule has 0 heterocycles. The van der Waals surface area contributed by atoms with E-state index in [1.807, 2.05) is 26.8 Å². The third-order valence-electron chi connectivity index (χ3n) is 5.78. The Morgan fingerprint density at radius 1 is 1.00 bits per heavy atom. The summed E-state index contributed by atoms with van der Waals surface area (Å²) in [6, 6.07) is 10.5. The Labute approximate surface area is 184 Å². The summed E-state index contributed by atoms with van der Waals surface area (Å²) in [7, 11) is -3.90. The van der Waals surface area contributed by atoms with Crippen molar-refractivity contribution in [1.82, 2.24) is 0 Å². The fraction of sp³-hybridized carbons (Fsp3) is 0.458. The normalized spacial score (nSPS) is 15.5. The molecule has 3 rings (SSSR count). The molecule has 2 aromatic carbocycles. The van der Waals surface area contributed by atoms with Crippen molar-refractivity contribution in [2.45, 2.75) is 63.0 Å². The van der Waals surface area contributed by atoms with E-state index >= 15 is 0 Å². The van der Waals surface area contributed by atoms with Crippen LogP contribution >= 0.6 is 0 Å². The number of aryl methyl sites for hydroxylation is 2. The molecule has 0 bridgehead atoms. The lowest BCUT2D eigenvalue weighted by atomic mass is 10.1. The van der Waals surface area contributed by atoms with E-state index in [9.17, 15) is 13.2 Å². The third-order valence-corrected chi connectivity index (χ3v) is 8.42. The minimum absolute atomic E-state index is 0.234. The highest BCUT2D eigenvalue weighted by Gasteiger charge is 2.53. The van der Waals surface area contributed by atoms with Gasteiger partial charge in [-0.25, -0.2) is 8.42 Å². The molecule has 7 heteroatoms. The number of sulfone groups is 1. The highest BCUT2D eigenvalue weighted by Crippen LogP contribution is 2.43. The second-order valence-electron chi connectivity index (χ2n) is 7.95. The van der Waals surface area contributed by atoms with E-state index in [-0.39, 0.29) is 4.90 Å². The first-order valence-electron chi connectivity index (χ1n) is 10.8. The third kappa shape index (κ3) is 4.42. The Morgan fingerprint density at radius 3 is 2.32 bits per heavy atom. The minimum atomic E-state index is -3.90. The zero-order valence-corrected chi connectivity index (χ0v) is 19.5. The number of carbonyl (C=O) groups excluding carboxylic acids is 1. The Kier molecular flexibility index (Phi) is 6.94. The van der Waals surface area contributed by atoms with Crippen LogP contribution in [0, 0.1) is 13.8 Å². The molecule has 0 radical (unpaired) electrons. The Balaban J connectivity index is 2.03. The maximum Gasteiger partial charge on any atom is 0.246 e. The average Bonchev–Trinajstić information content (AvgIpc) is 3.24. The largest absolute Gasteiger partial charge is 0.494 e. The van der Waals surface area contributed by atoms with Gasteiger partial charge in [0.2, 0.25) is 5.91 Å². The molecule has 1 aliphatic carbocycles. The number of nitrogens with one attached hydrogen (secondary N) is 1. The van der Waals surface area contributed by atoms with Gasteiger partial charge in [0, 0.05) is 6.07 Å². The molecule has 0 unspecified atom stereocenters. The van der Waals surface area contributed by atoms with Crippen LogP contribution in [0.15, 0.2) is 41.3 Å². The second kappa shape index (κ2) is 9.30. The van der Waals surface area contributed by atoms with E-state index in [2.05, 4.69) is 5.32 Å². The van der Waals surface area contributed by atoms with Gasteiger partial charge in [0.1, 0.15) is 11.5 Å². The lowest BCUT2D eigenvalue weighted by molar-refractivity contribution is -0.118. The molecule has 31 heavy (non-hydrogen) atoms. The van der Waals surface area contributed by atoms with E-state index in [1.54, 1.807) is 37.3 Å². The van der Waals surface area contributed by atoms with Gasteiger partial charge in [-0.1, -0.05) is 25.0 Å². The van der Waals surface area contributed by atoms with Crippen molar-refractivity contribution in [3.05, 3.63) is 47.5 Å². The molecule has 1 fully saturated rings. The molecule has 168 valence electrons. The number of amides is 1. The first kappa shape index (κ1) is 23.1. The Hall–Kier alpha value is -2.54. The summed E-state index contributed by atoms with van der Waals surface area (Å²) in [4.78, 5) is 13.8. The molecule has 1 N–H and O–H groups in total. The number of rotatable bonds is 8. The van der Waals surface area contributed by atoms with Crippen molar-refractivity contribution in [1.29, 1.82) is 0 Å². The number of carbonyl (C=O) groups is 1. The van der Waals surface area contributed by atoms with Gasteiger partial charge in [0.15, 0.2) is 14.6 Å². The number of ether oxygens (including phenoxy) is 2. The summed E-state index contributed by atoms with van der Waals surface area (Å²) in [6.45, 7) is 8.25. The molecule has 0 aliphatic heterocycles. The molecule has 1 aliphatic rings. The van der Waals surface area contributed by atoms with Crippen molar-refractivity contribution in [2.24, 2.45) is 0 Å². The molecule has 0 aromatic heterocycles. The van der Waals surface area contributed by atoms with Gasteiger partial charge in [-0.3, -0.25) is 4.79 Å². The molecular weight excluding hydrogens is 414 g/mol. The first-order chi connectivity index (χ1) is 14.7. The predicted octanol–water partition coefficient (Wildman–Crippen LogP) is 4.83. The molecule has 2 aromatic rings. The topological polar surface area (TPSA) is 81.7 Å². The van der Waals surface area contributed by atoms with Gasteiger partial charge in [-0.05, 0) is 69.9 Å². The summed E-state index contributed by atoms with van der Waals surface area (Å²) in [5.41, 5.74) is 1.92. The van der Waals surface area contributed by atoms with Crippen LogP contribution in [-0.2, 0) is 14.6 Å². The molecule has 1 saturated carbocycles. The van der Waals surface area contributed by atoms with Crippen molar-refractivity contribution >= 4 is 21.4 Å². The fourth-order valence-electron chi connectivity index (χ4n) is 4.15. The van der Waals surface area contributed by atoms with Crippen LogP contribution in [0.4, 0.5) is 5.69 Å². The summed E-state index contributed by atoms with van der Waals surface area (Å²) < 4.78 is 37.3. The second-order valence-corrected chi connectivity index (χ2v) is 10.2. The van der Waals surface area contributed by atoms with Crippen LogP contribution < -0.4 is 14.8 Å². The van der Waals surface area contributed by atoms with Crippen molar-refractivity contribution in [2.75, 3.05) is 18.5 Å². The minimum Gasteiger partial charge on any atom is -0.494 e. The molecule has 0 saturated heterocycles. The summed E-state index contributed by atoms with van der Waals surface area (Å²) in [6.07, 6.45) is 1.97. The van der Waals surface area contributed by atoms with E-state index < -0.39 is 20.5 Å². The van der Waals surface area contributed by atoms with Gasteiger partial charge >= 0.3 is 0 Å². The maximum absolute atomic E-state index is 13.8. The van der Waals surface area contributed by atoms with Crippen molar-refractivity contribution in [3.63, 3.8) is 0 Å². The molecule has 0 spiro atoms. The zero-order valence-electron chi connectivity index (χ0n) is 18.7. The van der Waals surface area contributed by atoms with Gasteiger partial charge in [0.05, 0.1) is 23.8 Å². The standard InChI is InChI=1S/C24H31NO5S/c1-5-29-19-11-12-21(30-6-2)20(16-19)25-23(26)24(13-7-8-14-24)31(27,28)22-15-17(3)9-10-18(22)4/h9-12,15-16H,5-8,13-14H2,1-4H3,(H,25,26). The predicted molar refractivity (Wildman–Crippen MR) is 122 cm³/mol. The lowest BCUT2D eigenvalue weighted by Crippen LogP contribution is -2.47. The highest BCUT2D eigenvalue weighted by atomic mass is 32.2. The van der Waals surface area contributed by atoms with Crippen LogP contribution in [-0.4, -0.2) is 32.3 Å². The maximum atomic E-state index is 13.8. The van der Waals surface area contributed by atoms with E-state index in [1.165, 1.54) is 0 Å². The van der Waals surface area contributed by atoms with Gasteiger partial charge in [-0.15, -0.1) is 0 Å². The smallest absolute Gasteiger partial charge is 0.246 e. The first-order valence-corrected chi connectivity index (χ1v) is 12.3. The number of hydrogen-bond acceptors (Lipinski definition) is 5. The molecule has 6 nitrogen and oxygen atoms in total. The molecular formula is C24H31NO5S. The van der Waals surface area contributed by atoms with Gasteiger partial charge in [0.25, 0.3) is 0 Å².